The Morgan fingerprint density at radius 1 is 1.05 bits per heavy atom. The van der Waals surface area contributed by atoms with Crippen LogP contribution in [0.5, 0.6) is 0 Å². The predicted molar refractivity (Wildman–Crippen MR) is 83.8 cm³/mol. The SMILES string of the molecule is CN(C)C(=O)c1ccc(Cl)c(NC(=O)c2ccc(F)cc2)c1. The number of carbonyl (C=O) groups is 2. The van der Waals surface area contributed by atoms with E-state index >= 15 is 0 Å². The van der Waals surface area contributed by atoms with Crippen molar-refractivity contribution in [3.63, 3.8) is 0 Å². The number of carbonyl (C=O) groups excluding carboxylic acids is 2. The van der Waals surface area contributed by atoms with E-state index in [2.05, 4.69) is 5.32 Å². The third-order valence-electron chi connectivity index (χ3n) is 2.97. The maximum Gasteiger partial charge on any atom is 0.255 e. The summed E-state index contributed by atoms with van der Waals surface area (Å²) >= 11 is 6.04. The number of benzene rings is 2. The van der Waals surface area contributed by atoms with E-state index in [4.69, 9.17) is 11.6 Å². The lowest BCUT2D eigenvalue weighted by Gasteiger charge is -2.13. The normalized spacial score (nSPS) is 10.2. The molecule has 2 amide bonds. The lowest BCUT2D eigenvalue weighted by atomic mass is 10.1. The molecule has 4 nitrogen and oxygen atoms in total. The zero-order valence-electron chi connectivity index (χ0n) is 12.1. The van der Waals surface area contributed by atoms with Gasteiger partial charge in [-0.05, 0) is 42.5 Å². The van der Waals surface area contributed by atoms with Crippen molar-refractivity contribution >= 4 is 29.1 Å². The van der Waals surface area contributed by atoms with Crippen LogP contribution in [0, 0.1) is 5.82 Å². The molecule has 0 unspecified atom stereocenters. The molecule has 2 aromatic rings. The fraction of sp³-hybridized carbons (Fsp3) is 0.125. The summed E-state index contributed by atoms with van der Waals surface area (Å²) in [5.74, 6) is -1.06. The van der Waals surface area contributed by atoms with E-state index in [1.54, 1.807) is 26.2 Å². The van der Waals surface area contributed by atoms with Gasteiger partial charge in [-0.3, -0.25) is 9.59 Å². The molecule has 0 bridgehead atoms. The Bertz CT molecular complexity index is 715. The van der Waals surface area contributed by atoms with Crippen LogP contribution in [0.1, 0.15) is 20.7 Å². The van der Waals surface area contributed by atoms with E-state index in [1.165, 1.54) is 35.2 Å². The van der Waals surface area contributed by atoms with E-state index in [1.807, 2.05) is 0 Å². The number of nitrogens with zero attached hydrogens (tertiary/aromatic N) is 1. The number of halogens is 2. The average Bonchev–Trinajstić information content (AvgIpc) is 2.49. The summed E-state index contributed by atoms with van der Waals surface area (Å²) in [5, 5.41) is 2.93. The van der Waals surface area contributed by atoms with Crippen molar-refractivity contribution in [3.8, 4) is 0 Å². The van der Waals surface area contributed by atoms with E-state index < -0.39 is 11.7 Å². The van der Waals surface area contributed by atoms with Crippen LogP contribution in [0.4, 0.5) is 10.1 Å². The van der Waals surface area contributed by atoms with Gasteiger partial charge >= 0.3 is 0 Å². The summed E-state index contributed by atoms with van der Waals surface area (Å²) in [4.78, 5) is 25.5. The van der Waals surface area contributed by atoms with E-state index in [-0.39, 0.29) is 5.91 Å². The molecule has 0 aliphatic carbocycles. The predicted octanol–water partition coefficient (Wildman–Crippen LogP) is 3.43. The second kappa shape index (κ2) is 6.58. The smallest absolute Gasteiger partial charge is 0.255 e. The molecule has 0 saturated heterocycles. The highest BCUT2D eigenvalue weighted by Crippen LogP contribution is 2.24. The Labute approximate surface area is 132 Å². The second-order valence-corrected chi connectivity index (χ2v) is 5.26. The first-order valence-corrected chi connectivity index (χ1v) is 6.84. The van der Waals surface area contributed by atoms with Crippen LogP contribution in [0.3, 0.4) is 0 Å². The summed E-state index contributed by atoms with van der Waals surface area (Å²) in [7, 11) is 3.27. The Hall–Kier alpha value is -2.40. The summed E-state index contributed by atoms with van der Waals surface area (Å²) in [6.45, 7) is 0. The zero-order chi connectivity index (χ0) is 16.3. The average molecular weight is 321 g/mol. The van der Waals surface area contributed by atoms with E-state index in [0.29, 0.717) is 21.8 Å². The molecule has 0 spiro atoms. The maximum absolute atomic E-state index is 12.9. The number of hydrogen-bond acceptors (Lipinski definition) is 2. The lowest BCUT2D eigenvalue weighted by molar-refractivity contribution is 0.0827. The summed E-state index contributed by atoms with van der Waals surface area (Å²) < 4.78 is 12.9. The van der Waals surface area contributed by atoms with Crippen molar-refractivity contribution in [2.24, 2.45) is 0 Å². The minimum Gasteiger partial charge on any atom is -0.345 e. The van der Waals surface area contributed by atoms with E-state index in [0.717, 1.165) is 0 Å². The minimum atomic E-state index is -0.434. The molecule has 0 radical (unpaired) electrons. The Balaban J connectivity index is 2.25. The molecule has 22 heavy (non-hydrogen) atoms. The standard InChI is InChI=1S/C16H14ClFN2O2/c1-20(2)16(22)11-5-8-13(17)14(9-11)19-15(21)10-3-6-12(18)7-4-10/h3-9H,1-2H3,(H,19,21). The number of rotatable bonds is 3. The van der Waals surface area contributed by atoms with Crippen LogP contribution < -0.4 is 5.32 Å². The molecule has 2 rings (SSSR count). The van der Waals surface area contributed by atoms with Crippen LogP contribution in [-0.2, 0) is 0 Å². The van der Waals surface area contributed by atoms with Gasteiger partial charge in [0.25, 0.3) is 11.8 Å². The molecule has 2 aromatic carbocycles. The number of nitrogens with one attached hydrogen (secondary N) is 1. The van der Waals surface area contributed by atoms with Crippen LogP contribution in [0.2, 0.25) is 5.02 Å². The van der Waals surface area contributed by atoms with Crippen molar-refractivity contribution in [2.75, 3.05) is 19.4 Å². The van der Waals surface area contributed by atoms with Gasteiger partial charge in [0.1, 0.15) is 5.82 Å². The third kappa shape index (κ3) is 3.62. The van der Waals surface area contributed by atoms with Gasteiger partial charge in [0.15, 0.2) is 0 Å². The molecule has 114 valence electrons. The van der Waals surface area contributed by atoms with Crippen LogP contribution >= 0.6 is 11.6 Å². The molecule has 1 N–H and O–H groups in total. The van der Waals surface area contributed by atoms with Gasteiger partial charge in [-0.2, -0.15) is 0 Å². The van der Waals surface area contributed by atoms with E-state index in [9.17, 15) is 14.0 Å². The number of hydrogen-bond donors (Lipinski definition) is 1. The van der Waals surface area contributed by atoms with Gasteiger partial charge in [-0.25, -0.2) is 4.39 Å². The quantitative estimate of drug-likeness (QED) is 0.942. The molecule has 0 heterocycles. The Morgan fingerprint density at radius 3 is 2.23 bits per heavy atom. The van der Waals surface area contributed by atoms with Gasteiger partial charge in [0, 0.05) is 25.2 Å². The van der Waals surface area contributed by atoms with Gasteiger partial charge in [0.2, 0.25) is 0 Å². The zero-order valence-corrected chi connectivity index (χ0v) is 12.8. The van der Waals surface area contributed by atoms with Crippen molar-refractivity contribution in [1.29, 1.82) is 0 Å². The second-order valence-electron chi connectivity index (χ2n) is 4.86. The maximum atomic E-state index is 12.9. The molecule has 0 fully saturated rings. The molecule has 6 heteroatoms. The molecule has 0 aliphatic heterocycles. The Kier molecular flexibility index (Phi) is 4.78. The van der Waals surface area contributed by atoms with Crippen LogP contribution in [0.25, 0.3) is 0 Å². The summed E-state index contributed by atoms with van der Waals surface area (Å²) in [5.41, 5.74) is 1.02. The van der Waals surface area contributed by atoms with Crippen molar-refractivity contribution < 1.29 is 14.0 Å². The fourth-order valence-corrected chi connectivity index (χ4v) is 1.97. The van der Waals surface area contributed by atoms with Crippen LogP contribution in [0.15, 0.2) is 42.5 Å². The molecular formula is C16H14ClFN2O2. The Morgan fingerprint density at radius 2 is 1.64 bits per heavy atom. The molecule has 0 saturated carbocycles. The monoisotopic (exact) mass is 320 g/mol. The number of amides is 2. The van der Waals surface area contributed by atoms with Crippen LogP contribution in [-0.4, -0.2) is 30.8 Å². The highest BCUT2D eigenvalue weighted by molar-refractivity contribution is 6.34. The van der Waals surface area contributed by atoms with Gasteiger partial charge in [0.05, 0.1) is 10.7 Å². The third-order valence-corrected chi connectivity index (χ3v) is 3.30. The largest absolute Gasteiger partial charge is 0.345 e. The topological polar surface area (TPSA) is 49.4 Å². The molecular weight excluding hydrogens is 307 g/mol. The van der Waals surface area contributed by atoms with Gasteiger partial charge in [-0.15, -0.1) is 0 Å². The first-order chi connectivity index (χ1) is 10.4. The summed E-state index contributed by atoms with van der Waals surface area (Å²) in [6, 6.07) is 9.76. The van der Waals surface area contributed by atoms with Crippen molar-refractivity contribution in [1.82, 2.24) is 4.90 Å². The summed E-state index contributed by atoms with van der Waals surface area (Å²) in [6.07, 6.45) is 0. The van der Waals surface area contributed by atoms with Crippen molar-refractivity contribution in [3.05, 3.63) is 64.4 Å². The van der Waals surface area contributed by atoms with Gasteiger partial charge < -0.3 is 10.2 Å². The molecule has 0 aromatic heterocycles. The van der Waals surface area contributed by atoms with Gasteiger partial charge in [-0.1, -0.05) is 11.6 Å². The first-order valence-electron chi connectivity index (χ1n) is 6.46. The first kappa shape index (κ1) is 16.0. The molecule has 0 atom stereocenters. The fourth-order valence-electron chi connectivity index (χ4n) is 1.81. The van der Waals surface area contributed by atoms with Crippen molar-refractivity contribution in [2.45, 2.75) is 0 Å². The lowest BCUT2D eigenvalue weighted by Crippen LogP contribution is -2.22. The highest BCUT2D eigenvalue weighted by atomic mass is 35.5. The molecule has 0 aliphatic rings. The number of anilines is 1. The highest BCUT2D eigenvalue weighted by Gasteiger charge is 2.13. The minimum absolute atomic E-state index is 0.200.